The van der Waals surface area contributed by atoms with E-state index in [-0.39, 0.29) is 25.2 Å². The van der Waals surface area contributed by atoms with Gasteiger partial charge in [0.1, 0.15) is 0 Å². The molecule has 1 aliphatic rings. The van der Waals surface area contributed by atoms with Crippen molar-refractivity contribution in [3.8, 4) is 0 Å². The predicted molar refractivity (Wildman–Crippen MR) is 98.8 cm³/mol. The van der Waals surface area contributed by atoms with Crippen molar-refractivity contribution in [1.82, 2.24) is 0 Å². The summed E-state index contributed by atoms with van der Waals surface area (Å²) in [6.07, 6.45) is 0.276. The summed E-state index contributed by atoms with van der Waals surface area (Å²) in [7, 11) is 1.32. The number of ether oxygens (including phenoxy) is 3. The Bertz CT molecular complexity index is 719. The van der Waals surface area contributed by atoms with Gasteiger partial charge in [0.25, 0.3) is 0 Å². The van der Waals surface area contributed by atoms with Gasteiger partial charge in [-0.2, -0.15) is 0 Å². The first-order chi connectivity index (χ1) is 12.8. The molecule has 146 valence electrons. The molecule has 0 spiro atoms. The molecule has 0 aliphatic carbocycles. The molecule has 2 rings (SSSR count). The van der Waals surface area contributed by atoms with Crippen molar-refractivity contribution in [1.29, 1.82) is 0 Å². The van der Waals surface area contributed by atoms with Gasteiger partial charge in [-0.05, 0) is 26.3 Å². The number of carbonyl (C=O) groups excluding carboxylic acids is 3. The first-order valence-corrected chi connectivity index (χ1v) is 8.99. The lowest BCUT2D eigenvalue weighted by Gasteiger charge is -2.33. The fraction of sp³-hybridized carbons (Fsp3) is 0.476. The highest BCUT2D eigenvalue weighted by atomic mass is 16.5. The molecule has 1 fully saturated rings. The first-order valence-electron chi connectivity index (χ1n) is 8.99. The maximum atomic E-state index is 12.8. The summed E-state index contributed by atoms with van der Waals surface area (Å²) in [5, 5.41) is 0. The van der Waals surface area contributed by atoms with Crippen molar-refractivity contribution in [2.45, 2.75) is 45.8 Å². The monoisotopic (exact) mass is 374 g/mol. The lowest BCUT2D eigenvalue weighted by atomic mass is 9.82. The molecule has 2 atom stereocenters. The van der Waals surface area contributed by atoms with Crippen LogP contribution in [-0.2, 0) is 28.6 Å². The van der Waals surface area contributed by atoms with Gasteiger partial charge in [-0.15, -0.1) is 0 Å². The second kappa shape index (κ2) is 8.95. The molecule has 6 nitrogen and oxygen atoms in total. The van der Waals surface area contributed by atoms with Crippen LogP contribution in [0.25, 0.3) is 0 Å². The van der Waals surface area contributed by atoms with Crippen LogP contribution in [0.2, 0.25) is 0 Å². The average Bonchev–Trinajstić information content (AvgIpc) is 2.81. The van der Waals surface area contributed by atoms with Gasteiger partial charge in [0, 0.05) is 24.5 Å². The van der Waals surface area contributed by atoms with Crippen LogP contribution in [-0.4, -0.2) is 37.5 Å². The second-order valence-electron chi connectivity index (χ2n) is 6.99. The summed E-state index contributed by atoms with van der Waals surface area (Å²) in [5.74, 6) is -1.21. The summed E-state index contributed by atoms with van der Waals surface area (Å²) in [5.41, 5.74) is 0.142. The summed E-state index contributed by atoms with van der Waals surface area (Å²) >= 11 is 0. The molecule has 6 heteroatoms. The first kappa shape index (κ1) is 20.8. The van der Waals surface area contributed by atoms with E-state index in [0.717, 1.165) is 5.56 Å². The number of rotatable bonds is 5. The van der Waals surface area contributed by atoms with Crippen LogP contribution in [0, 0.1) is 5.41 Å². The standard InChI is InChI=1S/C21H26O6/c1-5-26-19(23)12-15-11-18(21(2,3)20(24)25-4)27-17(13-16(15)22)14-9-7-6-8-10-14/h6-10,12,17-18H,5,11,13H2,1-4H3/b15-12+. The number of ketones is 1. The summed E-state index contributed by atoms with van der Waals surface area (Å²) in [4.78, 5) is 37.0. The zero-order valence-corrected chi connectivity index (χ0v) is 16.2. The van der Waals surface area contributed by atoms with E-state index < -0.39 is 29.6 Å². The number of benzene rings is 1. The van der Waals surface area contributed by atoms with Gasteiger partial charge >= 0.3 is 11.9 Å². The van der Waals surface area contributed by atoms with Gasteiger partial charge < -0.3 is 14.2 Å². The van der Waals surface area contributed by atoms with Crippen LogP contribution in [0.4, 0.5) is 0 Å². The molecule has 1 aromatic rings. The Morgan fingerprint density at radius 1 is 1.22 bits per heavy atom. The van der Waals surface area contributed by atoms with Gasteiger partial charge in [-0.1, -0.05) is 30.3 Å². The van der Waals surface area contributed by atoms with Crippen LogP contribution in [0.5, 0.6) is 0 Å². The zero-order valence-electron chi connectivity index (χ0n) is 16.2. The van der Waals surface area contributed by atoms with Gasteiger partial charge in [-0.3, -0.25) is 9.59 Å². The second-order valence-corrected chi connectivity index (χ2v) is 6.99. The number of carbonyl (C=O) groups is 3. The third-order valence-corrected chi connectivity index (χ3v) is 4.73. The largest absolute Gasteiger partial charge is 0.469 e. The Labute approximate surface area is 159 Å². The van der Waals surface area contributed by atoms with E-state index in [9.17, 15) is 14.4 Å². The van der Waals surface area contributed by atoms with Crippen LogP contribution in [0.3, 0.4) is 0 Å². The van der Waals surface area contributed by atoms with E-state index in [1.54, 1.807) is 20.8 Å². The molecule has 0 amide bonds. The van der Waals surface area contributed by atoms with E-state index in [4.69, 9.17) is 14.2 Å². The Morgan fingerprint density at radius 3 is 2.48 bits per heavy atom. The minimum Gasteiger partial charge on any atom is -0.469 e. The molecule has 0 aromatic heterocycles. The minimum absolute atomic E-state index is 0.0863. The third-order valence-electron chi connectivity index (χ3n) is 4.73. The third kappa shape index (κ3) is 5.04. The molecular formula is C21H26O6. The molecule has 1 heterocycles. The highest BCUT2D eigenvalue weighted by molar-refractivity contribution is 6.01. The fourth-order valence-corrected chi connectivity index (χ4v) is 3.06. The van der Waals surface area contributed by atoms with Crippen molar-refractivity contribution in [3.63, 3.8) is 0 Å². The number of hydrogen-bond acceptors (Lipinski definition) is 6. The van der Waals surface area contributed by atoms with Gasteiger partial charge in [-0.25, -0.2) is 4.79 Å². The van der Waals surface area contributed by atoms with Crippen molar-refractivity contribution in [3.05, 3.63) is 47.5 Å². The molecular weight excluding hydrogens is 348 g/mol. The van der Waals surface area contributed by atoms with Crippen LogP contribution < -0.4 is 0 Å². The lowest BCUT2D eigenvalue weighted by molar-refractivity contribution is -0.163. The molecule has 0 N–H and O–H groups in total. The summed E-state index contributed by atoms with van der Waals surface area (Å²) < 4.78 is 16.1. The van der Waals surface area contributed by atoms with Crippen molar-refractivity contribution < 1.29 is 28.6 Å². The van der Waals surface area contributed by atoms with Crippen molar-refractivity contribution >= 4 is 17.7 Å². The SMILES string of the molecule is CCOC(=O)/C=C1\CC(C(C)(C)C(=O)OC)OC(c2ccccc2)CC1=O. The Morgan fingerprint density at radius 2 is 1.89 bits per heavy atom. The highest BCUT2D eigenvalue weighted by Crippen LogP contribution is 2.38. The maximum Gasteiger partial charge on any atom is 0.331 e. The molecule has 2 unspecified atom stereocenters. The van der Waals surface area contributed by atoms with E-state index in [1.807, 2.05) is 30.3 Å². The Balaban J connectivity index is 2.42. The fourth-order valence-electron chi connectivity index (χ4n) is 3.06. The number of hydrogen-bond donors (Lipinski definition) is 0. The van der Waals surface area contributed by atoms with Crippen molar-refractivity contribution in [2.75, 3.05) is 13.7 Å². The highest BCUT2D eigenvalue weighted by Gasteiger charge is 2.43. The van der Waals surface area contributed by atoms with Crippen molar-refractivity contribution in [2.24, 2.45) is 5.41 Å². The van der Waals surface area contributed by atoms with E-state index in [0.29, 0.717) is 5.57 Å². The minimum atomic E-state index is -1.000. The quantitative estimate of drug-likeness (QED) is 0.582. The normalized spacial score (nSPS) is 22.2. The number of Topliss-reactive ketones (excluding diaryl/α,β-unsaturated/α-hetero) is 1. The maximum absolute atomic E-state index is 12.8. The molecule has 27 heavy (non-hydrogen) atoms. The number of methoxy groups -OCH3 is 1. The molecule has 1 aromatic carbocycles. The van der Waals surface area contributed by atoms with Crippen LogP contribution in [0.15, 0.2) is 42.0 Å². The van der Waals surface area contributed by atoms with Gasteiger partial charge in [0.15, 0.2) is 5.78 Å². The van der Waals surface area contributed by atoms with E-state index in [2.05, 4.69) is 0 Å². The average molecular weight is 374 g/mol. The molecule has 0 bridgehead atoms. The molecule has 1 aliphatic heterocycles. The Kier molecular flexibility index (Phi) is 6.91. The molecule has 1 saturated heterocycles. The topological polar surface area (TPSA) is 78.9 Å². The van der Waals surface area contributed by atoms with Gasteiger partial charge in [0.05, 0.1) is 31.3 Å². The number of esters is 2. The summed E-state index contributed by atoms with van der Waals surface area (Å²) in [6.45, 7) is 5.34. The Hall–Kier alpha value is -2.47. The van der Waals surface area contributed by atoms with Gasteiger partial charge in [0.2, 0.25) is 0 Å². The predicted octanol–water partition coefficient (Wildman–Crippen LogP) is 3.16. The van der Waals surface area contributed by atoms with E-state index in [1.165, 1.54) is 13.2 Å². The van der Waals surface area contributed by atoms with Crippen LogP contribution in [0.1, 0.15) is 45.3 Å². The molecule has 0 saturated carbocycles. The molecule has 0 radical (unpaired) electrons. The zero-order chi connectivity index (χ0) is 20.0. The van der Waals surface area contributed by atoms with Crippen LogP contribution >= 0.6 is 0 Å². The smallest absolute Gasteiger partial charge is 0.331 e. The summed E-state index contributed by atoms with van der Waals surface area (Å²) in [6, 6.07) is 9.36. The lowest BCUT2D eigenvalue weighted by Crippen LogP contribution is -2.40. The van der Waals surface area contributed by atoms with E-state index >= 15 is 0 Å².